The lowest BCUT2D eigenvalue weighted by molar-refractivity contribution is -0.160. The largest absolute Gasteiger partial charge is 0.400 e. The van der Waals surface area contributed by atoms with Gasteiger partial charge in [-0.05, 0) is 37.1 Å². The summed E-state index contributed by atoms with van der Waals surface area (Å²) in [6.07, 6.45) is -2.94. The molecule has 12 heteroatoms. The van der Waals surface area contributed by atoms with Crippen molar-refractivity contribution in [1.82, 2.24) is 20.0 Å². The van der Waals surface area contributed by atoms with E-state index in [1.165, 1.54) is 6.26 Å². The van der Waals surface area contributed by atoms with Gasteiger partial charge in [-0.1, -0.05) is 63.1 Å². The van der Waals surface area contributed by atoms with Crippen LogP contribution in [-0.2, 0) is 16.2 Å². The summed E-state index contributed by atoms with van der Waals surface area (Å²) in [5.41, 5.74) is 0.0453. The van der Waals surface area contributed by atoms with E-state index >= 15 is 0 Å². The smallest absolute Gasteiger partial charge is 0.254 e. The molecular weight excluding hydrogens is 573 g/mol. The van der Waals surface area contributed by atoms with Gasteiger partial charge in [-0.25, -0.2) is 4.68 Å². The lowest BCUT2D eigenvalue weighted by Crippen LogP contribution is -2.28. The summed E-state index contributed by atoms with van der Waals surface area (Å²) in [5.74, 6) is 0. The fourth-order valence-electron chi connectivity index (χ4n) is 3.73. The monoisotopic (exact) mass is 586 g/mol. The van der Waals surface area contributed by atoms with E-state index in [1.54, 1.807) is 28.9 Å². The molecule has 4 aromatic rings. The van der Waals surface area contributed by atoms with Gasteiger partial charge in [0.25, 0.3) is 0 Å². The second-order valence-corrected chi connectivity index (χ2v) is 11.5. The Hall–Kier alpha value is -2.08. The Labute approximate surface area is 212 Å². The van der Waals surface area contributed by atoms with Crippen LogP contribution in [0.2, 0.25) is 5.02 Å². The Kier molecular flexibility index (Phi) is 5.94. The van der Waals surface area contributed by atoms with Crippen molar-refractivity contribution in [3.05, 3.63) is 63.0 Å². The van der Waals surface area contributed by atoms with E-state index in [1.807, 2.05) is 24.3 Å². The van der Waals surface area contributed by atoms with Crippen LogP contribution in [0.1, 0.15) is 17.8 Å². The first-order valence-corrected chi connectivity index (χ1v) is 13.6. The van der Waals surface area contributed by atoms with Gasteiger partial charge in [-0.3, -0.25) is 4.21 Å². The van der Waals surface area contributed by atoms with Crippen LogP contribution >= 0.6 is 38.9 Å². The summed E-state index contributed by atoms with van der Waals surface area (Å²) in [6.45, 7) is 0. The number of hydrogen-bond donors (Lipinski definition) is 0. The number of para-hydroxylation sites is 1. The van der Waals surface area contributed by atoms with Gasteiger partial charge in [0.05, 0.1) is 32.1 Å². The highest BCUT2D eigenvalue weighted by Crippen LogP contribution is 2.60. The molecule has 176 valence electrons. The van der Waals surface area contributed by atoms with Gasteiger partial charge < -0.3 is 0 Å². The Balaban J connectivity index is 1.75. The summed E-state index contributed by atoms with van der Waals surface area (Å²) in [5, 5.41) is 13.1. The minimum atomic E-state index is -4.40. The molecule has 2 aromatic carbocycles. The van der Waals surface area contributed by atoms with E-state index in [0.717, 1.165) is 15.8 Å². The summed E-state index contributed by atoms with van der Waals surface area (Å²) >= 11 is 10.7. The topological polar surface area (TPSA) is 60.7 Å². The Morgan fingerprint density at radius 2 is 1.79 bits per heavy atom. The van der Waals surface area contributed by atoms with E-state index in [4.69, 9.17) is 11.6 Å². The minimum absolute atomic E-state index is 0.0180. The molecule has 1 atom stereocenters. The average Bonchev–Trinajstić information content (AvgIpc) is 3.30. The zero-order chi connectivity index (χ0) is 24.3. The summed E-state index contributed by atoms with van der Waals surface area (Å²) in [7, 11) is -1.55. The third kappa shape index (κ3) is 3.92. The lowest BCUT2D eigenvalue weighted by Gasteiger charge is -2.15. The predicted octanol–water partition coefficient (Wildman–Crippen LogP) is 6.81. The molecule has 34 heavy (non-hydrogen) atoms. The fraction of sp³-hybridized carbons (Fsp3) is 0.227. The van der Waals surface area contributed by atoms with Crippen molar-refractivity contribution in [3.8, 4) is 27.6 Å². The second-order valence-electron chi connectivity index (χ2n) is 7.84. The van der Waals surface area contributed by atoms with Crippen molar-refractivity contribution >= 4 is 49.7 Å². The maximum atomic E-state index is 13.6. The Morgan fingerprint density at radius 1 is 1.12 bits per heavy atom. The van der Waals surface area contributed by atoms with Gasteiger partial charge in [-0.2, -0.15) is 18.3 Å². The number of alkyl halides is 3. The van der Waals surface area contributed by atoms with Crippen molar-refractivity contribution in [2.75, 3.05) is 6.26 Å². The van der Waals surface area contributed by atoms with Crippen molar-refractivity contribution in [2.45, 2.75) is 29.3 Å². The first-order chi connectivity index (χ1) is 16.1. The van der Waals surface area contributed by atoms with Crippen LogP contribution < -0.4 is 0 Å². The standard InChI is InChI=1S/C22H15BrClF3N4OS2/c1-34(32)18-16(19-28-29-20(33-19)21(10-11-21)22(25,26)27)30-31(15-5-3-2-4-14(15)24)17(18)12-6-8-13(23)9-7-12/h2-9H,10-11H2,1H3. The van der Waals surface area contributed by atoms with Crippen LogP contribution in [-0.4, -0.2) is 36.6 Å². The molecule has 0 radical (unpaired) electrons. The number of nitrogens with zero attached hydrogens (tertiary/aromatic N) is 4. The number of rotatable bonds is 5. The first-order valence-electron chi connectivity index (χ1n) is 10.0. The molecule has 1 unspecified atom stereocenters. The molecule has 1 aliphatic carbocycles. The first kappa shape index (κ1) is 23.7. The minimum Gasteiger partial charge on any atom is -0.254 e. The SMILES string of the molecule is CS(=O)c1c(-c2nnc(C3(C(F)(F)F)CC3)s2)nn(-c2ccccc2Cl)c1-c1ccc(Br)cc1. The van der Waals surface area contributed by atoms with E-state index in [9.17, 15) is 17.4 Å². The van der Waals surface area contributed by atoms with Crippen LogP contribution in [0.25, 0.3) is 27.6 Å². The molecule has 1 aliphatic rings. The van der Waals surface area contributed by atoms with Crippen molar-refractivity contribution < 1.29 is 17.4 Å². The molecule has 1 fully saturated rings. The molecule has 0 bridgehead atoms. The van der Waals surface area contributed by atoms with E-state index < -0.39 is 22.4 Å². The molecule has 1 saturated carbocycles. The molecule has 0 amide bonds. The predicted molar refractivity (Wildman–Crippen MR) is 130 cm³/mol. The number of hydrogen-bond acceptors (Lipinski definition) is 5. The number of aromatic nitrogens is 4. The highest BCUT2D eigenvalue weighted by Gasteiger charge is 2.66. The highest BCUT2D eigenvalue weighted by atomic mass is 79.9. The lowest BCUT2D eigenvalue weighted by atomic mass is 10.1. The zero-order valence-corrected chi connectivity index (χ0v) is 21.4. The molecule has 5 nitrogen and oxygen atoms in total. The van der Waals surface area contributed by atoms with Crippen LogP contribution in [0, 0.1) is 0 Å². The fourth-order valence-corrected chi connectivity index (χ4v) is 6.26. The zero-order valence-electron chi connectivity index (χ0n) is 17.4. The average molecular weight is 588 g/mol. The van der Waals surface area contributed by atoms with Gasteiger partial charge in [-0.15, -0.1) is 10.2 Å². The van der Waals surface area contributed by atoms with Crippen molar-refractivity contribution in [1.29, 1.82) is 0 Å². The van der Waals surface area contributed by atoms with Crippen molar-refractivity contribution in [2.24, 2.45) is 0 Å². The quantitative estimate of drug-likeness (QED) is 0.258. The van der Waals surface area contributed by atoms with Crippen LogP contribution in [0.5, 0.6) is 0 Å². The van der Waals surface area contributed by atoms with Gasteiger partial charge in [0, 0.05) is 16.3 Å². The van der Waals surface area contributed by atoms with E-state index in [2.05, 4.69) is 31.2 Å². The third-order valence-electron chi connectivity index (χ3n) is 5.66. The Morgan fingerprint density at radius 3 is 2.38 bits per heavy atom. The van der Waals surface area contributed by atoms with Gasteiger partial charge in [0.1, 0.15) is 16.1 Å². The molecule has 0 N–H and O–H groups in total. The molecule has 2 aromatic heterocycles. The van der Waals surface area contributed by atoms with Crippen molar-refractivity contribution in [3.63, 3.8) is 0 Å². The second kappa shape index (κ2) is 8.54. The molecule has 0 aliphatic heterocycles. The van der Waals surface area contributed by atoms with Crippen LogP contribution in [0.3, 0.4) is 0 Å². The number of halogens is 5. The normalized spacial score (nSPS) is 15.9. The molecular formula is C22H15BrClF3N4OS2. The van der Waals surface area contributed by atoms with Crippen LogP contribution in [0.15, 0.2) is 57.9 Å². The number of benzene rings is 2. The molecule has 0 saturated heterocycles. The summed E-state index contributed by atoms with van der Waals surface area (Å²) in [4.78, 5) is 0.349. The summed E-state index contributed by atoms with van der Waals surface area (Å²) in [6, 6.07) is 14.4. The van der Waals surface area contributed by atoms with Gasteiger partial charge >= 0.3 is 6.18 Å². The summed E-state index contributed by atoms with van der Waals surface area (Å²) < 4.78 is 56.3. The van der Waals surface area contributed by atoms with Gasteiger partial charge in [0.15, 0.2) is 5.01 Å². The highest BCUT2D eigenvalue weighted by molar-refractivity contribution is 9.10. The molecule has 5 rings (SSSR count). The molecule has 0 spiro atoms. The third-order valence-corrected chi connectivity index (χ3v) is 8.60. The van der Waals surface area contributed by atoms with E-state index in [0.29, 0.717) is 26.9 Å². The van der Waals surface area contributed by atoms with Crippen LogP contribution in [0.4, 0.5) is 13.2 Å². The Bertz CT molecular complexity index is 1410. The maximum Gasteiger partial charge on any atom is 0.400 e. The maximum absolute atomic E-state index is 13.6. The molecule has 2 heterocycles. The van der Waals surface area contributed by atoms with Gasteiger partial charge in [0.2, 0.25) is 0 Å². The van der Waals surface area contributed by atoms with E-state index in [-0.39, 0.29) is 28.6 Å².